The number of para-hydroxylation sites is 4. The average Bonchev–Trinajstić information content (AvgIpc) is 3.40. The average molecular weight is 424 g/mol. The number of fused-ring (bicyclic) bond motifs is 2. The zero-order valence-corrected chi connectivity index (χ0v) is 18.8. The van der Waals surface area contributed by atoms with Crippen molar-refractivity contribution >= 4 is 22.1 Å². The van der Waals surface area contributed by atoms with Crippen LogP contribution in [0.5, 0.6) is 0 Å². The first-order valence-corrected chi connectivity index (χ1v) is 11.6. The minimum Gasteiger partial charge on any atom is -0.313 e. The van der Waals surface area contributed by atoms with Crippen molar-refractivity contribution in [1.82, 2.24) is 14.1 Å². The first-order valence-electron chi connectivity index (χ1n) is 11.6. The Morgan fingerprint density at radius 1 is 0.656 bits per heavy atom. The first-order chi connectivity index (χ1) is 15.8. The van der Waals surface area contributed by atoms with Gasteiger partial charge < -0.3 is 18.3 Å². The zero-order valence-electron chi connectivity index (χ0n) is 18.8. The minimum absolute atomic E-state index is 0.861. The topological polar surface area (TPSA) is 30.5 Å². The molecular weight excluding hydrogens is 394 g/mol. The Balaban J connectivity index is 1.61. The number of aryl methyl sites for hydroxylation is 2. The van der Waals surface area contributed by atoms with E-state index in [4.69, 9.17) is 4.98 Å². The van der Waals surface area contributed by atoms with Crippen LogP contribution in [0.3, 0.4) is 0 Å². The van der Waals surface area contributed by atoms with Crippen LogP contribution in [0.1, 0.15) is 39.5 Å². The van der Waals surface area contributed by atoms with Gasteiger partial charge >= 0.3 is 0 Å². The highest BCUT2D eigenvalue weighted by atomic mass is 15.2. The van der Waals surface area contributed by atoms with Crippen LogP contribution in [0.15, 0.2) is 66.7 Å². The fraction of sp³-hybridized carbons (Fsp3) is 0.296. The van der Waals surface area contributed by atoms with Crippen LogP contribution in [-0.4, -0.2) is 14.1 Å². The van der Waals surface area contributed by atoms with Crippen LogP contribution in [0, 0.1) is 12.7 Å². The second-order valence-electron chi connectivity index (χ2n) is 8.21. The van der Waals surface area contributed by atoms with Crippen molar-refractivity contribution in [3.05, 3.63) is 79.4 Å². The number of nitrogens with zero attached hydrogens (tertiary/aromatic N) is 5. The predicted molar refractivity (Wildman–Crippen MR) is 126 cm³/mol. The maximum absolute atomic E-state index is 5.04. The van der Waals surface area contributed by atoms with Crippen LogP contribution in [0.25, 0.3) is 33.7 Å². The lowest BCUT2D eigenvalue weighted by atomic mass is 10.3. The number of imidazole rings is 2. The maximum Gasteiger partial charge on any atom is 0.245 e. The summed E-state index contributed by atoms with van der Waals surface area (Å²) < 4.78 is 8.57. The van der Waals surface area contributed by atoms with E-state index in [2.05, 4.69) is 99.4 Å². The minimum atomic E-state index is 0.861. The van der Waals surface area contributed by atoms with E-state index in [1.54, 1.807) is 0 Å². The largest absolute Gasteiger partial charge is 0.313 e. The third-order valence-corrected chi connectivity index (χ3v) is 5.92. The fourth-order valence-corrected chi connectivity index (χ4v) is 4.20. The van der Waals surface area contributed by atoms with Crippen LogP contribution in [-0.2, 0) is 13.1 Å². The van der Waals surface area contributed by atoms with E-state index in [0.717, 1.165) is 61.4 Å². The quantitative estimate of drug-likeness (QED) is 0.262. The summed E-state index contributed by atoms with van der Waals surface area (Å²) in [5, 5.41) is 0. The third-order valence-electron chi connectivity index (χ3n) is 5.92. The van der Waals surface area contributed by atoms with Crippen LogP contribution in [0.2, 0.25) is 0 Å². The first kappa shape index (κ1) is 20.4. The summed E-state index contributed by atoms with van der Waals surface area (Å²) in [7, 11) is 0. The van der Waals surface area contributed by atoms with E-state index in [1.165, 1.54) is 11.0 Å². The number of benzene rings is 2. The van der Waals surface area contributed by atoms with Gasteiger partial charge in [0.2, 0.25) is 12.7 Å². The van der Waals surface area contributed by atoms with Crippen molar-refractivity contribution in [3.63, 3.8) is 0 Å². The van der Waals surface area contributed by atoms with E-state index in [1.807, 2.05) is 12.1 Å². The molecule has 3 heterocycles. The standard InChI is InChI=1S/C27H29N5/c1-3-5-18-29-20-31(24-14-9-7-12-22(24)29)26-16-11-17-27(28-26)32-21-30(19-6-4-2)23-13-8-10-15-25(23)32/h7-17H,3-6,18-19H2,1-2H3. The number of pyridine rings is 1. The van der Waals surface area contributed by atoms with Gasteiger partial charge in [0.05, 0.1) is 35.2 Å². The summed E-state index contributed by atoms with van der Waals surface area (Å²) in [6, 6.07) is 23.1. The van der Waals surface area contributed by atoms with Gasteiger partial charge in [-0.05, 0) is 25.0 Å². The Hall–Kier alpha value is -3.47. The molecule has 32 heavy (non-hydrogen) atoms. The molecule has 5 rings (SSSR count). The normalized spacial score (nSPS) is 11.6. The highest BCUT2D eigenvalue weighted by molar-refractivity contribution is 5.74. The van der Waals surface area contributed by atoms with E-state index in [0.29, 0.717) is 0 Å². The second kappa shape index (κ2) is 8.95. The van der Waals surface area contributed by atoms with Crippen molar-refractivity contribution in [1.29, 1.82) is 0 Å². The molecule has 3 aromatic heterocycles. The summed E-state index contributed by atoms with van der Waals surface area (Å²) in [5.74, 6) is 1.72. The third kappa shape index (κ3) is 3.68. The number of unbranched alkanes of at least 4 members (excludes halogenated alkanes) is 2. The highest BCUT2D eigenvalue weighted by Gasteiger charge is 2.13. The lowest BCUT2D eigenvalue weighted by Gasteiger charge is -2.09. The molecule has 5 aromatic rings. The molecule has 0 atom stereocenters. The van der Waals surface area contributed by atoms with Gasteiger partial charge in [-0.1, -0.05) is 81.3 Å². The van der Waals surface area contributed by atoms with E-state index in [9.17, 15) is 0 Å². The Morgan fingerprint density at radius 2 is 1.12 bits per heavy atom. The van der Waals surface area contributed by atoms with Gasteiger partial charge in [-0.3, -0.25) is 4.98 Å². The summed E-state index contributed by atoms with van der Waals surface area (Å²) in [6.45, 7) is 6.35. The number of hydrogen-bond acceptors (Lipinski definition) is 1. The smallest absolute Gasteiger partial charge is 0.245 e. The van der Waals surface area contributed by atoms with Gasteiger partial charge in [-0.2, -0.15) is 0 Å². The molecule has 5 heteroatoms. The molecule has 0 spiro atoms. The molecule has 0 aliphatic heterocycles. The Labute approximate surface area is 189 Å². The molecule has 0 bridgehead atoms. The number of rotatable bonds is 8. The Bertz CT molecular complexity index is 1260. The molecule has 0 radical (unpaired) electrons. The molecular formula is C27H29N5. The van der Waals surface area contributed by atoms with Gasteiger partial charge in [0.1, 0.15) is 11.6 Å². The van der Waals surface area contributed by atoms with Crippen molar-refractivity contribution in [3.8, 4) is 11.6 Å². The molecule has 5 nitrogen and oxygen atoms in total. The lowest BCUT2D eigenvalue weighted by molar-refractivity contribution is -0.676. The van der Waals surface area contributed by atoms with Crippen molar-refractivity contribution in [2.75, 3.05) is 0 Å². The Morgan fingerprint density at radius 3 is 1.59 bits per heavy atom. The monoisotopic (exact) mass is 423 g/mol. The molecule has 0 N–H and O–H groups in total. The molecule has 0 fully saturated rings. The van der Waals surface area contributed by atoms with E-state index < -0.39 is 0 Å². The highest BCUT2D eigenvalue weighted by Crippen LogP contribution is 2.19. The summed E-state index contributed by atoms with van der Waals surface area (Å²) in [5.41, 5.74) is 4.60. The van der Waals surface area contributed by atoms with Gasteiger partial charge in [-0.15, -0.1) is 0 Å². The van der Waals surface area contributed by atoms with E-state index in [-0.39, 0.29) is 0 Å². The molecule has 0 aliphatic carbocycles. The molecule has 2 aromatic carbocycles. The summed E-state index contributed by atoms with van der Waals surface area (Å²) in [6.07, 6.45) is 11.6. The Kier molecular flexibility index (Phi) is 5.71. The van der Waals surface area contributed by atoms with Gasteiger partial charge in [0, 0.05) is 0 Å². The molecule has 162 valence electrons. The molecule has 0 saturated heterocycles. The fourth-order valence-electron chi connectivity index (χ4n) is 4.20. The van der Waals surface area contributed by atoms with E-state index >= 15 is 0 Å². The predicted octanol–water partition coefficient (Wildman–Crippen LogP) is 4.74. The summed E-state index contributed by atoms with van der Waals surface area (Å²) in [4.78, 5) is 5.04. The van der Waals surface area contributed by atoms with Crippen LogP contribution < -0.4 is 9.13 Å². The van der Waals surface area contributed by atoms with Gasteiger partial charge in [0.25, 0.3) is 0 Å². The number of hydrogen-bond donors (Lipinski definition) is 0. The second-order valence-corrected chi connectivity index (χ2v) is 8.21. The van der Waals surface area contributed by atoms with Crippen molar-refractivity contribution in [2.24, 2.45) is 0 Å². The summed E-state index contributed by atoms with van der Waals surface area (Å²) >= 11 is 0. The molecule has 0 unspecified atom stereocenters. The number of aromatic nitrogens is 5. The van der Waals surface area contributed by atoms with Crippen molar-refractivity contribution in [2.45, 2.75) is 52.6 Å². The van der Waals surface area contributed by atoms with Crippen LogP contribution >= 0.6 is 0 Å². The maximum atomic E-state index is 5.04. The van der Waals surface area contributed by atoms with Gasteiger partial charge in [0.15, 0.2) is 0 Å². The van der Waals surface area contributed by atoms with Crippen molar-refractivity contribution < 1.29 is 9.13 Å². The molecule has 0 amide bonds. The van der Waals surface area contributed by atoms with Gasteiger partial charge in [-0.25, -0.2) is 0 Å². The van der Waals surface area contributed by atoms with Crippen LogP contribution in [0.4, 0.5) is 0 Å². The lowest BCUT2D eigenvalue weighted by Crippen LogP contribution is -2.32. The molecule has 0 saturated carbocycles. The SMILES string of the molecule is CCCC[n+]1[c-]n(-c2cccc(-n3[c-][n+](CCCC)c4ccccc43)n2)c2ccccc21. The molecule has 0 aliphatic rings. The zero-order chi connectivity index (χ0) is 21.9.